The van der Waals surface area contributed by atoms with Crippen molar-refractivity contribution >= 4 is 5.78 Å². The van der Waals surface area contributed by atoms with E-state index in [1.165, 1.54) is 6.92 Å². The number of hydrogen-bond acceptors (Lipinski definition) is 5. The fourth-order valence-corrected chi connectivity index (χ4v) is 2.19. The highest BCUT2D eigenvalue weighted by atomic mass is 16.5. The number of Topliss-reactive ketones (excluding diaryl/α,β-unsaturated/α-hetero) is 1. The van der Waals surface area contributed by atoms with E-state index in [9.17, 15) is 4.79 Å². The summed E-state index contributed by atoms with van der Waals surface area (Å²) in [5.41, 5.74) is -0.390. The fourth-order valence-electron chi connectivity index (χ4n) is 2.19. The maximum atomic E-state index is 10.9. The molecule has 1 aliphatic carbocycles. The van der Waals surface area contributed by atoms with Gasteiger partial charge in [0.1, 0.15) is 11.4 Å². The Bertz CT molecular complexity index is 380. The molecule has 0 saturated heterocycles. The number of rotatable bonds is 4. The molecule has 1 fully saturated rings. The van der Waals surface area contributed by atoms with E-state index in [0.29, 0.717) is 11.7 Å². The lowest BCUT2D eigenvalue weighted by Gasteiger charge is -2.22. The molecule has 0 aliphatic heterocycles. The molecule has 1 aromatic heterocycles. The molecule has 0 atom stereocenters. The van der Waals surface area contributed by atoms with Gasteiger partial charge in [-0.2, -0.15) is 4.98 Å². The van der Waals surface area contributed by atoms with Crippen molar-refractivity contribution in [2.75, 3.05) is 7.11 Å². The largest absolute Gasteiger partial charge is 0.370 e. The summed E-state index contributed by atoms with van der Waals surface area (Å²) in [7, 11) is 1.67. The van der Waals surface area contributed by atoms with Crippen LogP contribution in [0.4, 0.5) is 0 Å². The van der Waals surface area contributed by atoms with E-state index in [1.807, 2.05) is 0 Å². The summed E-state index contributed by atoms with van der Waals surface area (Å²) in [6.45, 7) is 1.51. The summed E-state index contributed by atoms with van der Waals surface area (Å²) >= 11 is 0. The van der Waals surface area contributed by atoms with Gasteiger partial charge in [0, 0.05) is 7.11 Å². The predicted molar refractivity (Wildman–Crippen MR) is 55.8 cm³/mol. The van der Waals surface area contributed by atoms with E-state index in [4.69, 9.17) is 9.26 Å². The van der Waals surface area contributed by atoms with Crippen LogP contribution in [0.3, 0.4) is 0 Å². The van der Waals surface area contributed by atoms with Crippen molar-refractivity contribution < 1.29 is 14.1 Å². The molecule has 0 radical (unpaired) electrons. The number of ketones is 1. The average molecular weight is 224 g/mol. The molecular formula is C11H16N2O3. The Labute approximate surface area is 94.2 Å². The molecule has 5 nitrogen and oxygen atoms in total. The van der Waals surface area contributed by atoms with Crippen LogP contribution in [0.2, 0.25) is 0 Å². The van der Waals surface area contributed by atoms with Crippen molar-refractivity contribution in [1.82, 2.24) is 10.1 Å². The highest BCUT2D eigenvalue weighted by Crippen LogP contribution is 2.40. The first-order valence-electron chi connectivity index (χ1n) is 5.54. The number of hydrogen-bond donors (Lipinski definition) is 0. The summed E-state index contributed by atoms with van der Waals surface area (Å²) < 4.78 is 10.6. The first-order chi connectivity index (χ1) is 7.66. The van der Waals surface area contributed by atoms with Gasteiger partial charge in [-0.1, -0.05) is 5.16 Å². The highest BCUT2D eigenvalue weighted by molar-refractivity contribution is 5.77. The van der Waals surface area contributed by atoms with Gasteiger partial charge in [0.25, 0.3) is 0 Å². The molecule has 0 spiro atoms. The van der Waals surface area contributed by atoms with Gasteiger partial charge >= 0.3 is 0 Å². The number of carbonyl (C=O) groups excluding carboxylic acids is 1. The Morgan fingerprint density at radius 2 is 2.19 bits per heavy atom. The van der Waals surface area contributed by atoms with Crippen LogP contribution in [0, 0.1) is 0 Å². The molecule has 0 unspecified atom stereocenters. The molecule has 16 heavy (non-hydrogen) atoms. The Kier molecular flexibility index (Phi) is 3.05. The van der Waals surface area contributed by atoms with Crippen LogP contribution >= 0.6 is 0 Å². The summed E-state index contributed by atoms with van der Waals surface area (Å²) in [5.74, 6) is 0.989. The third-order valence-corrected chi connectivity index (χ3v) is 3.08. The van der Waals surface area contributed by atoms with Crippen molar-refractivity contribution in [3.8, 4) is 0 Å². The zero-order valence-corrected chi connectivity index (χ0v) is 9.65. The lowest BCUT2D eigenvalue weighted by molar-refractivity contribution is -0.116. The van der Waals surface area contributed by atoms with E-state index in [1.54, 1.807) is 7.11 Å². The molecule has 1 saturated carbocycles. The number of nitrogens with zero attached hydrogens (tertiary/aromatic N) is 2. The van der Waals surface area contributed by atoms with Gasteiger partial charge in [-0.15, -0.1) is 0 Å². The Morgan fingerprint density at radius 1 is 1.50 bits per heavy atom. The number of ether oxygens (including phenoxy) is 1. The van der Waals surface area contributed by atoms with E-state index in [0.717, 1.165) is 25.7 Å². The average Bonchev–Trinajstić information content (AvgIpc) is 2.85. The summed E-state index contributed by atoms with van der Waals surface area (Å²) in [6, 6.07) is 0. The number of carbonyl (C=O) groups is 1. The SMILES string of the molecule is COC1(c2noc(CC(C)=O)n2)CCCC1. The minimum atomic E-state index is -0.390. The zero-order valence-electron chi connectivity index (χ0n) is 9.65. The second kappa shape index (κ2) is 4.33. The molecule has 0 aromatic carbocycles. The van der Waals surface area contributed by atoms with Crippen LogP contribution in [0.15, 0.2) is 4.52 Å². The first kappa shape index (κ1) is 11.3. The Hall–Kier alpha value is -1.23. The van der Waals surface area contributed by atoms with Crippen molar-refractivity contribution in [3.05, 3.63) is 11.7 Å². The third-order valence-electron chi connectivity index (χ3n) is 3.08. The van der Waals surface area contributed by atoms with E-state index in [2.05, 4.69) is 10.1 Å². The monoisotopic (exact) mass is 224 g/mol. The first-order valence-corrected chi connectivity index (χ1v) is 5.54. The molecular weight excluding hydrogens is 208 g/mol. The van der Waals surface area contributed by atoms with Crippen LogP contribution in [-0.2, 0) is 21.6 Å². The quantitative estimate of drug-likeness (QED) is 0.777. The normalized spacial score (nSPS) is 18.9. The number of methoxy groups -OCH3 is 1. The molecule has 5 heteroatoms. The van der Waals surface area contributed by atoms with Gasteiger partial charge in [-0.3, -0.25) is 4.79 Å². The van der Waals surface area contributed by atoms with E-state index in [-0.39, 0.29) is 12.2 Å². The fraction of sp³-hybridized carbons (Fsp3) is 0.727. The topological polar surface area (TPSA) is 65.2 Å². The summed E-state index contributed by atoms with van der Waals surface area (Å²) in [4.78, 5) is 15.2. The second-order valence-corrected chi connectivity index (χ2v) is 4.30. The van der Waals surface area contributed by atoms with Crippen molar-refractivity contribution in [2.45, 2.75) is 44.6 Å². The molecule has 0 N–H and O–H groups in total. The van der Waals surface area contributed by atoms with Gasteiger partial charge in [-0.05, 0) is 32.6 Å². The molecule has 1 heterocycles. The summed E-state index contributed by atoms with van der Waals surface area (Å²) in [6.07, 6.45) is 4.27. The predicted octanol–water partition coefficient (Wildman–Crippen LogP) is 1.62. The molecule has 2 rings (SSSR count). The standard InChI is InChI=1S/C11H16N2O3/c1-8(14)7-9-12-10(13-16-9)11(15-2)5-3-4-6-11/h3-7H2,1-2H3. The Morgan fingerprint density at radius 3 is 2.75 bits per heavy atom. The van der Waals surface area contributed by atoms with Gasteiger partial charge in [0.05, 0.1) is 6.42 Å². The van der Waals surface area contributed by atoms with Gasteiger partial charge in [0.15, 0.2) is 0 Å². The number of aromatic nitrogens is 2. The van der Waals surface area contributed by atoms with Crippen LogP contribution in [0.1, 0.15) is 44.3 Å². The highest BCUT2D eigenvalue weighted by Gasteiger charge is 2.40. The van der Waals surface area contributed by atoms with Gasteiger partial charge in [0.2, 0.25) is 11.7 Å². The van der Waals surface area contributed by atoms with Crippen LogP contribution in [-0.4, -0.2) is 23.0 Å². The maximum absolute atomic E-state index is 10.9. The Balaban J connectivity index is 2.19. The zero-order chi connectivity index (χ0) is 11.6. The molecule has 88 valence electrons. The molecule has 0 amide bonds. The third kappa shape index (κ3) is 2.00. The smallest absolute Gasteiger partial charge is 0.234 e. The molecule has 1 aromatic rings. The lowest BCUT2D eigenvalue weighted by atomic mass is 10.0. The van der Waals surface area contributed by atoms with Crippen molar-refractivity contribution in [2.24, 2.45) is 0 Å². The minimum Gasteiger partial charge on any atom is -0.370 e. The molecule has 1 aliphatic rings. The lowest BCUT2D eigenvalue weighted by Crippen LogP contribution is -2.26. The van der Waals surface area contributed by atoms with Crippen LogP contribution in [0.25, 0.3) is 0 Å². The van der Waals surface area contributed by atoms with E-state index >= 15 is 0 Å². The maximum Gasteiger partial charge on any atom is 0.234 e. The second-order valence-electron chi connectivity index (χ2n) is 4.30. The van der Waals surface area contributed by atoms with Crippen LogP contribution in [0.5, 0.6) is 0 Å². The van der Waals surface area contributed by atoms with Gasteiger partial charge in [-0.25, -0.2) is 0 Å². The molecule has 0 bridgehead atoms. The van der Waals surface area contributed by atoms with Crippen LogP contribution < -0.4 is 0 Å². The van der Waals surface area contributed by atoms with E-state index < -0.39 is 5.60 Å². The van der Waals surface area contributed by atoms with Crippen molar-refractivity contribution in [3.63, 3.8) is 0 Å². The summed E-state index contributed by atoms with van der Waals surface area (Å²) in [5, 5.41) is 3.93. The van der Waals surface area contributed by atoms with Gasteiger partial charge < -0.3 is 9.26 Å². The van der Waals surface area contributed by atoms with Crippen molar-refractivity contribution in [1.29, 1.82) is 0 Å². The minimum absolute atomic E-state index is 0.0214.